The molecule has 144 valence electrons. The van der Waals surface area contributed by atoms with Crippen molar-refractivity contribution in [2.24, 2.45) is 0 Å². The molecule has 2 aromatic carbocycles. The third-order valence-corrected chi connectivity index (χ3v) is 6.14. The molecule has 0 atom stereocenters. The van der Waals surface area contributed by atoms with E-state index in [9.17, 15) is 13.2 Å². The first-order chi connectivity index (χ1) is 12.9. The number of nitrogens with one attached hydrogen (secondary N) is 2. The van der Waals surface area contributed by atoms with E-state index in [0.717, 1.165) is 25.7 Å². The molecule has 0 bridgehead atoms. The molecule has 3 rings (SSSR count). The highest BCUT2D eigenvalue weighted by atomic mass is 32.2. The van der Waals surface area contributed by atoms with E-state index in [4.69, 9.17) is 10.5 Å². The lowest BCUT2D eigenvalue weighted by atomic mass is 10.2. The molecule has 1 aliphatic carbocycles. The monoisotopic (exact) mass is 389 g/mol. The first-order valence-electron chi connectivity index (χ1n) is 8.77. The molecule has 1 saturated carbocycles. The zero-order chi connectivity index (χ0) is 19.4. The lowest BCUT2D eigenvalue weighted by Crippen LogP contribution is -2.33. The summed E-state index contributed by atoms with van der Waals surface area (Å²) in [5.41, 5.74) is 6.93. The average Bonchev–Trinajstić information content (AvgIpc) is 3.15. The molecule has 0 unspecified atom stereocenters. The number of nitrogens with two attached hydrogens (primary N) is 1. The maximum Gasteiger partial charge on any atom is 0.255 e. The number of sulfonamides is 1. The third kappa shape index (κ3) is 4.40. The maximum absolute atomic E-state index is 12.8. The molecule has 2 aromatic rings. The Kier molecular flexibility index (Phi) is 5.67. The Labute approximate surface area is 159 Å². The summed E-state index contributed by atoms with van der Waals surface area (Å²) in [6, 6.07) is 11.1. The van der Waals surface area contributed by atoms with Crippen LogP contribution in [0.2, 0.25) is 0 Å². The number of carbonyl (C=O) groups is 1. The lowest BCUT2D eigenvalue weighted by molar-refractivity contribution is 0.102. The number of methoxy groups -OCH3 is 1. The summed E-state index contributed by atoms with van der Waals surface area (Å²) in [7, 11) is -2.41. The van der Waals surface area contributed by atoms with Crippen LogP contribution in [0.1, 0.15) is 36.0 Å². The molecule has 0 aromatic heterocycles. The van der Waals surface area contributed by atoms with Crippen molar-refractivity contribution in [2.45, 2.75) is 36.6 Å². The summed E-state index contributed by atoms with van der Waals surface area (Å²) in [5.74, 6) is -0.260. The summed E-state index contributed by atoms with van der Waals surface area (Å²) in [5, 5.41) is 2.70. The van der Waals surface area contributed by atoms with Crippen molar-refractivity contribution >= 4 is 27.3 Å². The molecule has 0 heterocycles. The van der Waals surface area contributed by atoms with E-state index in [1.54, 1.807) is 24.3 Å². The van der Waals surface area contributed by atoms with E-state index < -0.39 is 15.9 Å². The van der Waals surface area contributed by atoms with E-state index in [2.05, 4.69) is 10.0 Å². The third-order valence-electron chi connectivity index (χ3n) is 4.60. The fourth-order valence-electron chi connectivity index (χ4n) is 3.16. The number of amides is 1. The van der Waals surface area contributed by atoms with Crippen molar-refractivity contribution in [3.05, 3.63) is 48.0 Å². The first kappa shape index (κ1) is 19.2. The zero-order valence-electron chi connectivity index (χ0n) is 15.1. The molecule has 8 heteroatoms. The van der Waals surface area contributed by atoms with Crippen LogP contribution < -0.4 is 20.5 Å². The largest absolute Gasteiger partial charge is 0.495 e. The van der Waals surface area contributed by atoms with Gasteiger partial charge in [0.15, 0.2) is 0 Å². The van der Waals surface area contributed by atoms with Crippen LogP contribution in [-0.2, 0) is 10.0 Å². The van der Waals surface area contributed by atoms with Gasteiger partial charge in [0.2, 0.25) is 10.0 Å². The number of anilines is 2. The summed E-state index contributed by atoms with van der Waals surface area (Å²) in [6.45, 7) is 0. The Balaban J connectivity index is 1.88. The molecule has 1 aliphatic rings. The molecule has 0 radical (unpaired) electrons. The molecule has 27 heavy (non-hydrogen) atoms. The predicted molar refractivity (Wildman–Crippen MR) is 104 cm³/mol. The number of hydrogen-bond donors (Lipinski definition) is 3. The minimum Gasteiger partial charge on any atom is -0.495 e. The number of para-hydroxylation sites is 2. The molecule has 4 N–H and O–H groups in total. The van der Waals surface area contributed by atoms with Crippen molar-refractivity contribution < 1.29 is 17.9 Å². The van der Waals surface area contributed by atoms with Crippen molar-refractivity contribution in [1.29, 1.82) is 0 Å². The summed E-state index contributed by atoms with van der Waals surface area (Å²) < 4.78 is 33.5. The Morgan fingerprint density at radius 3 is 2.52 bits per heavy atom. The van der Waals surface area contributed by atoms with Crippen molar-refractivity contribution in [1.82, 2.24) is 4.72 Å². The molecule has 7 nitrogen and oxygen atoms in total. The second kappa shape index (κ2) is 7.98. The van der Waals surface area contributed by atoms with Gasteiger partial charge >= 0.3 is 0 Å². The number of hydrogen-bond acceptors (Lipinski definition) is 5. The molecular weight excluding hydrogens is 366 g/mol. The van der Waals surface area contributed by atoms with Crippen LogP contribution in [0.3, 0.4) is 0 Å². The standard InChI is InChI=1S/C19H23N3O4S/c1-26-17-11-10-13(19(23)21-16-9-5-4-8-15(16)20)12-18(17)27(24,25)22-14-6-2-3-7-14/h4-5,8-12,14,22H,2-3,6-7,20H2,1H3,(H,21,23). The summed E-state index contributed by atoms with van der Waals surface area (Å²) in [4.78, 5) is 12.5. The van der Waals surface area contributed by atoms with Gasteiger partial charge in [0.25, 0.3) is 5.91 Å². The number of carbonyl (C=O) groups excluding carboxylic acids is 1. The van der Waals surface area contributed by atoms with Gasteiger partial charge in [-0.2, -0.15) is 0 Å². The molecule has 1 fully saturated rings. The topological polar surface area (TPSA) is 111 Å². The summed E-state index contributed by atoms with van der Waals surface area (Å²) >= 11 is 0. The minimum absolute atomic E-state index is 0.0504. The van der Waals surface area contributed by atoms with Gasteiger partial charge in [-0.25, -0.2) is 13.1 Å². The van der Waals surface area contributed by atoms with E-state index in [0.29, 0.717) is 11.4 Å². The molecule has 0 aliphatic heterocycles. The molecule has 0 spiro atoms. The Bertz CT molecular complexity index is 938. The first-order valence-corrected chi connectivity index (χ1v) is 10.3. The highest BCUT2D eigenvalue weighted by Gasteiger charge is 2.26. The van der Waals surface area contributed by atoms with Crippen molar-refractivity contribution in [3.63, 3.8) is 0 Å². The van der Waals surface area contributed by atoms with Crippen LogP contribution in [-0.4, -0.2) is 27.5 Å². The van der Waals surface area contributed by atoms with Gasteiger partial charge in [-0.15, -0.1) is 0 Å². The van der Waals surface area contributed by atoms with Gasteiger partial charge in [-0.3, -0.25) is 4.79 Å². The zero-order valence-corrected chi connectivity index (χ0v) is 15.9. The highest BCUT2D eigenvalue weighted by molar-refractivity contribution is 7.89. The van der Waals surface area contributed by atoms with Crippen LogP contribution in [0, 0.1) is 0 Å². The van der Waals surface area contributed by atoms with Gasteiger partial charge in [0, 0.05) is 11.6 Å². The highest BCUT2D eigenvalue weighted by Crippen LogP contribution is 2.28. The van der Waals surface area contributed by atoms with Gasteiger partial charge in [-0.1, -0.05) is 25.0 Å². The van der Waals surface area contributed by atoms with Gasteiger partial charge in [-0.05, 0) is 43.2 Å². The van der Waals surface area contributed by atoms with Crippen LogP contribution in [0.5, 0.6) is 5.75 Å². The molecular formula is C19H23N3O4S. The number of nitrogen functional groups attached to an aromatic ring is 1. The lowest BCUT2D eigenvalue weighted by Gasteiger charge is -2.16. The van der Waals surface area contributed by atoms with Gasteiger partial charge in [0.1, 0.15) is 10.6 Å². The van der Waals surface area contributed by atoms with E-state index in [1.807, 2.05) is 0 Å². The van der Waals surface area contributed by atoms with E-state index >= 15 is 0 Å². The SMILES string of the molecule is COc1ccc(C(=O)Nc2ccccc2N)cc1S(=O)(=O)NC1CCCC1. The number of rotatable bonds is 6. The number of benzene rings is 2. The Hall–Kier alpha value is -2.58. The predicted octanol–water partition coefficient (Wildman–Crippen LogP) is 2.75. The van der Waals surface area contributed by atoms with Gasteiger partial charge in [0.05, 0.1) is 18.5 Å². The van der Waals surface area contributed by atoms with Crippen molar-refractivity contribution in [3.8, 4) is 5.75 Å². The number of ether oxygens (including phenoxy) is 1. The Morgan fingerprint density at radius 2 is 1.85 bits per heavy atom. The second-order valence-corrected chi connectivity index (χ2v) is 8.19. The maximum atomic E-state index is 12.8. The molecule has 1 amide bonds. The fourth-order valence-corrected chi connectivity index (χ4v) is 4.66. The van der Waals surface area contributed by atoms with Gasteiger partial charge < -0.3 is 15.8 Å². The molecule has 0 saturated heterocycles. The van der Waals surface area contributed by atoms with Crippen LogP contribution >= 0.6 is 0 Å². The Morgan fingerprint density at radius 1 is 1.15 bits per heavy atom. The second-order valence-electron chi connectivity index (χ2n) is 6.51. The quantitative estimate of drug-likeness (QED) is 0.658. The average molecular weight is 389 g/mol. The normalized spacial score (nSPS) is 14.9. The fraction of sp³-hybridized carbons (Fsp3) is 0.316. The minimum atomic E-state index is -3.80. The van der Waals surface area contributed by atoms with Crippen LogP contribution in [0.25, 0.3) is 0 Å². The van der Waals surface area contributed by atoms with E-state index in [-0.39, 0.29) is 22.3 Å². The summed E-state index contributed by atoms with van der Waals surface area (Å²) in [6.07, 6.45) is 3.64. The van der Waals surface area contributed by atoms with Crippen LogP contribution in [0.4, 0.5) is 11.4 Å². The van der Waals surface area contributed by atoms with E-state index in [1.165, 1.54) is 25.3 Å². The van der Waals surface area contributed by atoms with Crippen LogP contribution in [0.15, 0.2) is 47.4 Å². The smallest absolute Gasteiger partial charge is 0.255 e. The van der Waals surface area contributed by atoms with Crippen molar-refractivity contribution in [2.75, 3.05) is 18.2 Å².